The van der Waals surface area contributed by atoms with E-state index < -0.39 is 0 Å². The summed E-state index contributed by atoms with van der Waals surface area (Å²) in [6.45, 7) is 8.65. The molecule has 1 rings (SSSR count). The third kappa shape index (κ3) is 3.32. The molecule has 0 heterocycles. The summed E-state index contributed by atoms with van der Waals surface area (Å²) in [5.41, 5.74) is 3.75. The van der Waals surface area contributed by atoms with Crippen LogP contribution in [0.25, 0.3) is 0 Å². The van der Waals surface area contributed by atoms with Crippen molar-refractivity contribution in [2.75, 3.05) is 6.61 Å². The summed E-state index contributed by atoms with van der Waals surface area (Å²) in [6.07, 6.45) is 1.07. The van der Waals surface area contributed by atoms with Gasteiger partial charge in [-0.25, -0.2) is 0 Å². The van der Waals surface area contributed by atoms with E-state index in [0.717, 1.165) is 6.42 Å². The summed E-state index contributed by atoms with van der Waals surface area (Å²) < 4.78 is 0. The lowest BCUT2D eigenvalue weighted by Crippen LogP contribution is -2.32. The predicted octanol–water partition coefficient (Wildman–Crippen LogP) is 2.72. The van der Waals surface area contributed by atoms with Crippen molar-refractivity contribution in [2.24, 2.45) is 0 Å². The molecule has 0 radical (unpaired) electrons. The normalized spacial score (nSPS) is 14.8. The van der Waals surface area contributed by atoms with Crippen molar-refractivity contribution < 1.29 is 5.11 Å². The molecule has 0 aliphatic heterocycles. The molecule has 2 unspecified atom stereocenters. The lowest BCUT2D eigenvalue weighted by atomic mass is 10.0. The van der Waals surface area contributed by atoms with Crippen LogP contribution in [0.4, 0.5) is 0 Å². The van der Waals surface area contributed by atoms with Crippen LogP contribution < -0.4 is 5.32 Å². The minimum atomic E-state index is 0.0502. The molecule has 0 fully saturated rings. The lowest BCUT2D eigenvalue weighted by Gasteiger charge is -2.21. The van der Waals surface area contributed by atoms with Crippen molar-refractivity contribution >= 4 is 0 Å². The highest BCUT2D eigenvalue weighted by Gasteiger charge is 2.12. The Labute approximate surface area is 98.7 Å². The van der Waals surface area contributed by atoms with Gasteiger partial charge in [-0.05, 0) is 43.9 Å². The zero-order valence-corrected chi connectivity index (χ0v) is 10.7. The molecule has 1 aromatic rings. The molecule has 0 aliphatic rings. The van der Waals surface area contributed by atoms with E-state index in [0.29, 0.717) is 6.04 Å². The molecule has 0 aliphatic carbocycles. The monoisotopic (exact) mass is 221 g/mol. The van der Waals surface area contributed by atoms with Crippen LogP contribution in [0.2, 0.25) is 0 Å². The molecular formula is C14H23NO. The van der Waals surface area contributed by atoms with Gasteiger partial charge in [-0.15, -0.1) is 0 Å². The van der Waals surface area contributed by atoms with Gasteiger partial charge in [-0.1, -0.05) is 25.1 Å². The average molecular weight is 221 g/mol. The van der Waals surface area contributed by atoms with Gasteiger partial charge in [0.15, 0.2) is 0 Å². The minimum Gasteiger partial charge on any atom is -0.394 e. The van der Waals surface area contributed by atoms with E-state index in [1.165, 1.54) is 16.7 Å². The topological polar surface area (TPSA) is 32.3 Å². The Morgan fingerprint density at radius 2 is 1.94 bits per heavy atom. The van der Waals surface area contributed by atoms with Gasteiger partial charge in [0.1, 0.15) is 0 Å². The van der Waals surface area contributed by atoms with E-state index in [-0.39, 0.29) is 12.6 Å². The molecule has 2 atom stereocenters. The summed E-state index contributed by atoms with van der Waals surface area (Å²) >= 11 is 0. The minimum absolute atomic E-state index is 0.0502. The molecule has 0 spiro atoms. The van der Waals surface area contributed by atoms with E-state index in [4.69, 9.17) is 0 Å². The van der Waals surface area contributed by atoms with Crippen molar-refractivity contribution in [1.29, 1.82) is 0 Å². The van der Waals surface area contributed by atoms with Crippen LogP contribution in [0.5, 0.6) is 0 Å². The number of rotatable bonds is 5. The van der Waals surface area contributed by atoms with Gasteiger partial charge < -0.3 is 10.4 Å². The first kappa shape index (κ1) is 13.2. The second-order valence-electron chi connectivity index (χ2n) is 4.55. The zero-order chi connectivity index (χ0) is 12.1. The fourth-order valence-electron chi connectivity index (χ4n) is 1.70. The van der Waals surface area contributed by atoms with E-state index in [1.807, 2.05) is 0 Å². The maximum atomic E-state index is 9.42. The highest BCUT2D eigenvalue weighted by atomic mass is 16.3. The Hall–Kier alpha value is -0.860. The average Bonchev–Trinajstić information content (AvgIpc) is 2.29. The van der Waals surface area contributed by atoms with Crippen molar-refractivity contribution in [3.05, 3.63) is 34.9 Å². The summed E-state index contributed by atoms with van der Waals surface area (Å²) in [5, 5.41) is 12.9. The Bertz CT molecular complexity index is 336. The standard InChI is InChI=1S/C14H23NO/c1-5-12(4)15-14(9-16)13-7-6-10(2)11(3)8-13/h6-8,12,14-16H,5,9H2,1-4H3. The van der Waals surface area contributed by atoms with Crippen LogP contribution >= 0.6 is 0 Å². The van der Waals surface area contributed by atoms with Crippen LogP contribution in [0.15, 0.2) is 18.2 Å². The van der Waals surface area contributed by atoms with E-state index in [2.05, 4.69) is 51.2 Å². The SMILES string of the molecule is CCC(C)NC(CO)c1ccc(C)c(C)c1. The highest BCUT2D eigenvalue weighted by Crippen LogP contribution is 2.17. The number of aryl methyl sites for hydroxylation is 2. The summed E-state index contributed by atoms with van der Waals surface area (Å²) in [4.78, 5) is 0. The second-order valence-corrected chi connectivity index (χ2v) is 4.55. The van der Waals surface area contributed by atoms with E-state index >= 15 is 0 Å². The Balaban J connectivity index is 2.82. The lowest BCUT2D eigenvalue weighted by molar-refractivity contribution is 0.234. The quantitative estimate of drug-likeness (QED) is 0.801. The fraction of sp³-hybridized carbons (Fsp3) is 0.571. The highest BCUT2D eigenvalue weighted by molar-refractivity contribution is 5.31. The van der Waals surface area contributed by atoms with Gasteiger partial charge in [0.25, 0.3) is 0 Å². The first-order valence-corrected chi connectivity index (χ1v) is 6.02. The number of nitrogens with one attached hydrogen (secondary N) is 1. The van der Waals surface area contributed by atoms with Gasteiger partial charge >= 0.3 is 0 Å². The van der Waals surface area contributed by atoms with Gasteiger partial charge in [-0.3, -0.25) is 0 Å². The van der Waals surface area contributed by atoms with Crippen LogP contribution in [-0.2, 0) is 0 Å². The van der Waals surface area contributed by atoms with Crippen LogP contribution in [0.1, 0.15) is 43.0 Å². The largest absolute Gasteiger partial charge is 0.394 e. The Kier molecular flexibility index (Phi) is 4.97. The van der Waals surface area contributed by atoms with Gasteiger partial charge in [0.05, 0.1) is 12.6 Å². The van der Waals surface area contributed by atoms with Crippen molar-refractivity contribution in [3.63, 3.8) is 0 Å². The molecular weight excluding hydrogens is 198 g/mol. The summed E-state index contributed by atoms with van der Waals surface area (Å²) in [5.74, 6) is 0. The van der Waals surface area contributed by atoms with Gasteiger partial charge in [0, 0.05) is 6.04 Å². The molecule has 1 aromatic carbocycles. The Morgan fingerprint density at radius 1 is 1.25 bits per heavy atom. The zero-order valence-electron chi connectivity index (χ0n) is 10.7. The summed E-state index contributed by atoms with van der Waals surface area (Å²) in [6, 6.07) is 6.85. The first-order valence-electron chi connectivity index (χ1n) is 6.02. The molecule has 2 nitrogen and oxygen atoms in total. The van der Waals surface area contributed by atoms with Crippen LogP contribution in [0.3, 0.4) is 0 Å². The van der Waals surface area contributed by atoms with E-state index in [1.54, 1.807) is 0 Å². The molecule has 2 N–H and O–H groups in total. The van der Waals surface area contributed by atoms with Crippen molar-refractivity contribution in [2.45, 2.75) is 46.2 Å². The number of hydrogen-bond donors (Lipinski definition) is 2. The third-order valence-electron chi connectivity index (χ3n) is 3.21. The van der Waals surface area contributed by atoms with Crippen molar-refractivity contribution in [3.8, 4) is 0 Å². The number of benzene rings is 1. The Morgan fingerprint density at radius 3 is 2.44 bits per heavy atom. The molecule has 0 amide bonds. The second kappa shape index (κ2) is 6.02. The predicted molar refractivity (Wildman–Crippen MR) is 68.6 cm³/mol. The molecule has 0 saturated heterocycles. The first-order chi connectivity index (χ1) is 7.58. The number of hydrogen-bond acceptors (Lipinski definition) is 2. The van der Waals surface area contributed by atoms with Crippen LogP contribution in [0, 0.1) is 13.8 Å². The maximum Gasteiger partial charge on any atom is 0.0626 e. The molecule has 0 aromatic heterocycles. The van der Waals surface area contributed by atoms with Crippen molar-refractivity contribution in [1.82, 2.24) is 5.32 Å². The molecule has 90 valence electrons. The fourth-order valence-corrected chi connectivity index (χ4v) is 1.70. The van der Waals surface area contributed by atoms with E-state index in [9.17, 15) is 5.11 Å². The van der Waals surface area contributed by atoms with Gasteiger partial charge in [-0.2, -0.15) is 0 Å². The number of aliphatic hydroxyl groups is 1. The third-order valence-corrected chi connectivity index (χ3v) is 3.21. The molecule has 0 saturated carbocycles. The molecule has 16 heavy (non-hydrogen) atoms. The van der Waals surface area contributed by atoms with Gasteiger partial charge in [0.2, 0.25) is 0 Å². The molecule has 0 bridgehead atoms. The molecule has 2 heteroatoms. The smallest absolute Gasteiger partial charge is 0.0626 e. The maximum absolute atomic E-state index is 9.42. The summed E-state index contributed by atoms with van der Waals surface area (Å²) in [7, 11) is 0. The number of aliphatic hydroxyl groups excluding tert-OH is 1. The van der Waals surface area contributed by atoms with Crippen LogP contribution in [-0.4, -0.2) is 17.8 Å².